The maximum atomic E-state index is 6.52. The minimum Gasteiger partial charge on any atom is -0.515 e. The summed E-state index contributed by atoms with van der Waals surface area (Å²) in [7, 11) is 23.4. The molecule has 1 unspecified atom stereocenters. The molecule has 1 atom stereocenters. The molecule has 8 radical (unpaired) electrons. The first-order chi connectivity index (χ1) is 9.82. The van der Waals surface area contributed by atoms with E-state index in [1.54, 1.807) is 0 Å². The Balaban J connectivity index is 2.63. The third-order valence-electron chi connectivity index (χ3n) is 3.76. The number of hydrogen-bond donors (Lipinski definition) is 0. The SMILES string of the molecule is [B]C([B])([B])Oc1cc2c(cc1C(C)(C)I)C([B])(C)N(I)CC2. The van der Waals surface area contributed by atoms with Gasteiger partial charge in [0.05, 0.1) is 0 Å². The zero-order chi connectivity index (χ0) is 16.9. The van der Waals surface area contributed by atoms with E-state index < -0.39 is 10.7 Å². The Labute approximate surface area is 166 Å². The van der Waals surface area contributed by atoms with Crippen LogP contribution < -0.4 is 4.74 Å². The molecule has 1 aromatic rings. The molecule has 0 N–H and O–H groups in total. The van der Waals surface area contributed by atoms with E-state index in [4.69, 9.17) is 36.1 Å². The Bertz CT molecular complexity index is 581. The summed E-state index contributed by atoms with van der Waals surface area (Å²) in [6.07, 6.45) is 0.885. The van der Waals surface area contributed by atoms with Crippen LogP contribution in [0.15, 0.2) is 12.1 Å². The van der Waals surface area contributed by atoms with Crippen LogP contribution in [0.5, 0.6) is 5.75 Å². The molecule has 0 aromatic heterocycles. The van der Waals surface area contributed by atoms with Gasteiger partial charge in [-0.15, -0.1) is 0 Å². The van der Waals surface area contributed by atoms with E-state index in [0.29, 0.717) is 5.75 Å². The van der Waals surface area contributed by atoms with Crippen LogP contribution in [0.2, 0.25) is 0 Å². The minimum absolute atomic E-state index is 0.184. The second-order valence-corrected chi connectivity index (χ2v) is 10.3. The van der Waals surface area contributed by atoms with Gasteiger partial charge in [-0.25, -0.2) is 3.11 Å². The second kappa shape index (κ2) is 6.21. The first-order valence-corrected chi connectivity index (χ1v) is 9.01. The quantitative estimate of drug-likeness (QED) is 0.268. The van der Waals surface area contributed by atoms with Crippen LogP contribution in [0.4, 0.5) is 0 Å². The number of alkyl halides is 1. The van der Waals surface area contributed by atoms with Crippen molar-refractivity contribution in [3.63, 3.8) is 0 Å². The summed E-state index contributed by atoms with van der Waals surface area (Å²) in [6, 6.07) is 4.06. The highest BCUT2D eigenvalue weighted by molar-refractivity contribution is 14.1. The molecule has 2 rings (SSSR count). The van der Waals surface area contributed by atoms with Gasteiger partial charge in [-0.3, -0.25) is 0 Å². The van der Waals surface area contributed by atoms with Crippen molar-refractivity contribution in [3.05, 3.63) is 28.8 Å². The lowest BCUT2D eigenvalue weighted by atomic mass is 9.52. The van der Waals surface area contributed by atoms with Gasteiger partial charge in [0.25, 0.3) is 0 Å². The molecule has 0 spiro atoms. The molecule has 0 saturated carbocycles. The molecule has 0 bridgehead atoms. The fourth-order valence-corrected chi connectivity index (χ4v) is 3.54. The summed E-state index contributed by atoms with van der Waals surface area (Å²) < 4.78 is 7.53. The molecule has 1 heterocycles. The third kappa shape index (κ3) is 4.02. The summed E-state index contributed by atoms with van der Waals surface area (Å²) in [5, 5.41) is -1.71. The van der Waals surface area contributed by atoms with Crippen LogP contribution in [-0.2, 0) is 15.3 Å². The number of ether oxygens (including phenoxy) is 1. The summed E-state index contributed by atoms with van der Waals surface area (Å²) >= 11 is 4.63. The summed E-state index contributed by atoms with van der Waals surface area (Å²) in [5.74, 6) is 0.614. The van der Waals surface area contributed by atoms with Crippen molar-refractivity contribution in [1.29, 1.82) is 0 Å². The van der Waals surface area contributed by atoms with E-state index >= 15 is 0 Å². The van der Waals surface area contributed by atoms with Crippen LogP contribution in [-0.4, -0.2) is 46.3 Å². The molecule has 0 aliphatic carbocycles. The molecule has 8 heteroatoms. The minimum atomic E-state index is -1.71. The predicted octanol–water partition coefficient (Wildman–Crippen LogP) is 2.40. The monoisotopic (exact) mass is 511 g/mol. The van der Waals surface area contributed by atoms with Crippen molar-refractivity contribution in [2.75, 3.05) is 6.54 Å². The fourth-order valence-electron chi connectivity index (χ4n) is 2.62. The molecule has 0 amide bonds. The number of rotatable bonds is 3. The highest BCUT2D eigenvalue weighted by Gasteiger charge is 2.35. The van der Waals surface area contributed by atoms with Crippen molar-refractivity contribution in [3.8, 4) is 5.75 Å². The number of fused-ring (bicyclic) bond motifs is 1. The maximum Gasteiger partial charge on any atom is 0.121 e. The Morgan fingerprint density at radius 1 is 1.27 bits per heavy atom. The first kappa shape index (κ1) is 19.0. The molecular weight excluding hydrogens is 495 g/mol. The van der Waals surface area contributed by atoms with Gasteiger partial charge < -0.3 is 4.74 Å². The van der Waals surface area contributed by atoms with E-state index in [2.05, 4.69) is 68.5 Å². The van der Waals surface area contributed by atoms with Gasteiger partial charge in [0.2, 0.25) is 0 Å². The summed E-state index contributed by atoms with van der Waals surface area (Å²) in [4.78, 5) is 0. The fraction of sp³-hybridized carbons (Fsp3) is 0.571. The lowest BCUT2D eigenvalue weighted by molar-refractivity contribution is 0.308. The zero-order valence-corrected chi connectivity index (χ0v) is 17.3. The van der Waals surface area contributed by atoms with Gasteiger partial charge in [-0.2, -0.15) is 0 Å². The number of benzene rings is 1. The van der Waals surface area contributed by atoms with E-state index in [1.807, 2.05) is 13.0 Å². The molecule has 22 heavy (non-hydrogen) atoms. The standard InChI is InChI=1S/C14H15B4I2NO/c1-12(2,19)10-7-9-8(4-5-21(20)13(9,3)15)6-11(10)22-14(16,17)18/h6-7H,4-5H2,1-3H3. The van der Waals surface area contributed by atoms with Crippen molar-refractivity contribution >= 4 is 76.8 Å². The first-order valence-electron chi connectivity index (χ1n) is 6.97. The van der Waals surface area contributed by atoms with Gasteiger partial charge in [0.1, 0.15) is 37.1 Å². The molecule has 0 saturated heterocycles. The molecule has 2 nitrogen and oxygen atoms in total. The smallest absolute Gasteiger partial charge is 0.121 e. The van der Waals surface area contributed by atoms with Crippen LogP contribution in [0.25, 0.3) is 0 Å². The van der Waals surface area contributed by atoms with Crippen LogP contribution >= 0.6 is 45.5 Å². The van der Waals surface area contributed by atoms with Gasteiger partial charge >= 0.3 is 0 Å². The second-order valence-electron chi connectivity index (χ2n) is 6.42. The van der Waals surface area contributed by atoms with Gasteiger partial charge in [0.15, 0.2) is 0 Å². The Kier molecular flexibility index (Phi) is 5.37. The summed E-state index contributed by atoms with van der Waals surface area (Å²) in [5.41, 5.74) is 2.67. The number of hydrogen-bond acceptors (Lipinski definition) is 2. The highest BCUT2D eigenvalue weighted by atomic mass is 127. The highest BCUT2D eigenvalue weighted by Crippen LogP contribution is 2.44. The Morgan fingerprint density at radius 3 is 2.36 bits per heavy atom. The lowest BCUT2D eigenvalue weighted by Crippen LogP contribution is -2.44. The van der Waals surface area contributed by atoms with Gasteiger partial charge in [0, 0.05) is 43.8 Å². The van der Waals surface area contributed by atoms with Gasteiger partial charge in [-0.1, -0.05) is 29.5 Å². The maximum absolute atomic E-state index is 6.52. The van der Waals surface area contributed by atoms with E-state index in [1.165, 1.54) is 0 Å². The van der Waals surface area contributed by atoms with E-state index in [0.717, 1.165) is 29.7 Å². The topological polar surface area (TPSA) is 12.5 Å². The molecule has 1 aliphatic heterocycles. The average molecular weight is 510 g/mol. The van der Waals surface area contributed by atoms with Crippen LogP contribution in [0.1, 0.15) is 37.5 Å². The molecular formula is C14H15B4I2NO. The lowest BCUT2D eigenvalue weighted by Gasteiger charge is -2.42. The van der Waals surface area contributed by atoms with Crippen molar-refractivity contribution < 1.29 is 4.74 Å². The molecule has 108 valence electrons. The molecule has 0 fully saturated rings. The zero-order valence-electron chi connectivity index (χ0n) is 13.0. The van der Waals surface area contributed by atoms with Crippen molar-refractivity contribution in [2.24, 2.45) is 0 Å². The summed E-state index contributed by atoms with van der Waals surface area (Å²) in [6.45, 7) is 7.06. The normalized spacial score (nSPS) is 23.1. The largest absolute Gasteiger partial charge is 0.515 e. The predicted molar refractivity (Wildman–Crippen MR) is 112 cm³/mol. The Morgan fingerprint density at radius 2 is 1.86 bits per heavy atom. The van der Waals surface area contributed by atoms with Crippen molar-refractivity contribution in [1.82, 2.24) is 3.11 Å². The average Bonchev–Trinajstić information content (AvgIpc) is 2.30. The van der Waals surface area contributed by atoms with E-state index in [-0.39, 0.29) is 3.42 Å². The number of halogens is 2. The van der Waals surface area contributed by atoms with E-state index in [9.17, 15) is 0 Å². The molecule has 1 aromatic carbocycles. The van der Waals surface area contributed by atoms with Crippen LogP contribution in [0, 0.1) is 0 Å². The molecule has 1 aliphatic rings. The third-order valence-corrected chi connectivity index (χ3v) is 5.83. The van der Waals surface area contributed by atoms with Crippen molar-refractivity contribution in [2.45, 2.75) is 41.4 Å². The Hall–Kier alpha value is 0.700. The number of nitrogens with zero attached hydrogens (tertiary/aromatic N) is 1. The van der Waals surface area contributed by atoms with Gasteiger partial charge in [-0.05, 0) is 48.8 Å². The van der Waals surface area contributed by atoms with Crippen LogP contribution in [0.3, 0.4) is 0 Å².